The standard InChI is InChI=1S/C13H10F5NO5/c1-24-8-3-2-5(9(14)10(8)15)7(20)4-6(11(21)22)19-12(23)13(16,17)18/h2-3,6H,4H2,1H3,(H,19,23)(H,21,22)/t6-/m1/s1. The molecule has 0 saturated heterocycles. The van der Waals surface area contributed by atoms with Gasteiger partial charge in [-0.25, -0.2) is 9.18 Å². The summed E-state index contributed by atoms with van der Waals surface area (Å²) in [4.78, 5) is 33.4. The van der Waals surface area contributed by atoms with Gasteiger partial charge < -0.3 is 15.2 Å². The van der Waals surface area contributed by atoms with Crippen LogP contribution in [-0.4, -0.2) is 42.1 Å². The van der Waals surface area contributed by atoms with Crippen LogP contribution in [0.5, 0.6) is 5.75 Å². The second-order valence-electron chi connectivity index (χ2n) is 4.43. The Hall–Kier alpha value is -2.72. The van der Waals surface area contributed by atoms with Gasteiger partial charge in [0.2, 0.25) is 5.82 Å². The lowest BCUT2D eigenvalue weighted by atomic mass is 10.0. The van der Waals surface area contributed by atoms with Gasteiger partial charge in [-0.3, -0.25) is 9.59 Å². The average molecular weight is 355 g/mol. The Morgan fingerprint density at radius 1 is 1.21 bits per heavy atom. The van der Waals surface area contributed by atoms with Crippen LogP contribution >= 0.6 is 0 Å². The molecule has 1 rings (SSSR count). The van der Waals surface area contributed by atoms with E-state index < -0.39 is 59.2 Å². The molecule has 0 aliphatic rings. The number of nitrogens with one attached hydrogen (secondary N) is 1. The number of aliphatic carboxylic acids is 1. The summed E-state index contributed by atoms with van der Waals surface area (Å²) in [5.74, 6) is -9.53. The maximum Gasteiger partial charge on any atom is 0.471 e. The largest absolute Gasteiger partial charge is 0.494 e. The van der Waals surface area contributed by atoms with Crippen molar-refractivity contribution >= 4 is 17.7 Å². The SMILES string of the molecule is COc1ccc(C(=O)C[C@@H](NC(=O)C(F)(F)F)C(=O)O)c(F)c1F. The summed E-state index contributed by atoms with van der Waals surface area (Å²) >= 11 is 0. The predicted molar refractivity (Wildman–Crippen MR) is 67.5 cm³/mol. The molecule has 1 amide bonds. The number of hydrogen-bond acceptors (Lipinski definition) is 4. The van der Waals surface area contributed by atoms with Gasteiger partial charge in [0.05, 0.1) is 12.7 Å². The van der Waals surface area contributed by atoms with Gasteiger partial charge in [-0.15, -0.1) is 0 Å². The minimum Gasteiger partial charge on any atom is -0.494 e. The van der Waals surface area contributed by atoms with Crippen LogP contribution in [0.15, 0.2) is 12.1 Å². The molecule has 6 nitrogen and oxygen atoms in total. The van der Waals surface area contributed by atoms with Crippen LogP contribution in [0.25, 0.3) is 0 Å². The second kappa shape index (κ2) is 7.23. The lowest BCUT2D eigenvalue weighted by Gasteiger charge is -2.15. The summed E-state index contributed by atoms with van der Waals surface area (Å²) in [6.45, 7) is 0. The quantitative estimate of drug-likeness (QED) is 0.598. The van der Waals surface area contributed by atoms with Crippen molar-refractivity contribution in [3.63, 3.8) is 0 Å². The lowest BCUT2D eigenvalue weighted by Crippen LogP contribution is -2.47. The van der Waals surface area contributed by atoms with E-state index >= 15 is 0 Å². The van der Waals surface area contributed by atoms with Crippen molar-refractivity contribution in [1.82, 2.24) is 5.32 Å². The topological polar surface area (TPSA) is 92.7 Å². The molecule has 1 aromatic carbocycles. The fourth-order valence-electron chi connectivity index (χ4n) is 1.64. The molecule has 132 valence electrons. The number of benzene rings is 1. The first-order valence-electron chi connectivity index (χ1n) is 6.14. The molecule has 0 aliphatic carbocycles. The van der Waals surface area contributed by atoms with Crippen LogP contribution in [0, 0.1) is 11.6 Å². The van der Waals surface area contributed by atoms with Gasteiger partial charge in [0.1, 0.15) is 6.04 Å². The Kier molecular flexibility index (Phi) is 5.83. The number of alkyl halides is 3. The molecule has 11 heteroatoms. The zero-order chi connectivity index (χ0) is 18.7. The Labute approximate surface area is 131 Å². The molecule has 2 N–H and O–H groups in total. The second-order valence-corrected chi connectivity index (χ2v) is 4.43. The zero-order valence-corrected chi connectivity index (χ0v) is 11.9. The molecular formula is C13H10F5NO5. The highest BCUT2D eigenvalue weighted by Crippen LogP contribution is 2.23. The van der Waals surface area contributed by atoms with E-state index in [2.05, 4.69) is 4.74 Å². The highest BCUT2D eigenvalue weighted by molar-refractivity contribution is 6.00. The minimum atomic E-state index is -5.37. The molecule has 0 unspecified atom stereocenters. The molecule has 0 saturated carbocycles. The van der Waals surface area contributed by atoms with Gasteiger partial charge >= 0.3 is 18.1 Å². The third kappa shape index (κ3) is 4.40. The van der Waals surface area contributed by atoms with Gasteiger partial charge in [0, 0.05) is 6.42 Å². The number of amides is 1. The highest BCUT2D eigenvalue weighted by Gasteiger charge is 2.41. The molecule has 1 atom stereocenters. The average Bonchev–Trinajstić information content (AvgIpc) is 2.47. The van der Waals surface area contributed by atoms with Crippen LogP contribution in [0.2, 0.25) is 0 Å². The van der Waals surface area contributed by atoms with E-state index in [1.54, 1.807) is 0 Å². The molecule has 0 heterocycles. The molecule has 24 heavy (non-hydrogen) atoms. The zero-order valence-electron chi connectivity index (χ0n) is 11.9. The van der Waals surface area contributed by atoms with Crippen molar-refractivity contribution in [2.75, 3.05) is 7.11 Å². The first kappa shape index (κ1) is 19.3. The van der Waals surface area contributed by atoms with Crippen molar-refractivity contribution in [3.05, 3.63) is 29.3 Å². The molecule has 1 aromatic rings. The number of hydrogen-bond donors (Lipinski definition) is 2. The van der Waals surface area contributed by atoms with E-state index in [-0.39, 0.29) is 0 Å². The normalized spacial score (nSPS) is 12.4. The fraction of sp³-hybridized carbons (Fsp3) is 0.308. The Morgan fingerprint density at radius 3 is 2.25 bits per heavy atom. The summed E-state index contributed by atoms with van der Waals surface area (Å²) in [6, 6.07) is -0.601. The number of carboxylic acid groups (broad SMARTS) is 1. The molecule has 0 fully saturated rings. The van der Waals surface area contributed by atoms with Gasteiger partial charge in [0.25, 0.3) is 0 Å². The van der Waals surface area contributed by atoms with Crippen molar-refractivity contribution in [2.24, 2.45) is 0 Å². The van der Waals surface area contributed by atoms with Crippen LogP contribution in [0.3, 0.4) is 0 Å². The van der Waals surface area contributed by atoms with Crippen LogP contribution in [-0.2, 0) is 9.59 Å². The van der Waals surface area contributed by atoms with Gasteiger partial charge in [-0.05, 0) is 12.1 Å². The van der Waals surface area contributed by atoms with Crippen molar-refractivity contribution < 1.29 is 46.2 Å². The summed E-state index contributed by atoms with van der Waals surface area (Å²) in [7, 11) is 1.03. The lowest BCUT2D eigenvalue weighted by molar-refractivity contribution is -0.175. The summed E-state index contributed by atoms with van der Waals surface area (Å²) < 4.78 is 68.0. The smallest absolute Gasteiger partial charge is 0.471 e. The van der Waals surface area contributed by atoms with Gasteiger partial charge in [0.15, 0.2) is 17.3 Å². The number of ketones is 1. The number of carbonyl (C=O) groups is 3. The van der Waals surface area contributed by atoms with Crippen LogP contribution < -0.4 is 10.1 Å². The first-order valence-corrected chi connectivity index (χ1v) is 6.14. The molecule has 0 bridgehead atoms. The number of methoxy groups -OCH3 is 1. The van der Waals surface area contributed by atoms with E-state index in [0.29, 0.717) is 0 Å². The minimum absolute atomic E-state index is 0.524. The molecule has 0 spiro atoms. The van der Waals surface area contributed by atoms with Crippen LogP contribution in [0.1, 0.15) is 16.8 Å². The number of Topliss-reactive ketones (excluding diaryl/α,β-unsaturated/α-hetero) is 1. The number of rotatable bonds is 6. The predicted octanol–water partition coefficient (Wildman–Crippen LogP) is 1.68. The third-order valence-electron chi connectivity index (χ3n) is 2.82. The maximum atomic E-state index is 13.7. The van der Waals surface area contributed by atoms with Crippen molar-refractivity contribution in [3.8, 4) is 5.75 Å². The summed E-state index contributed by atoms with van der Waals surface area (Å²) in [5, 5.41) is 9.86. The number of carboxylic acids is 1. The summed E-state index contributed by atoms with van der Waals surface area (Å²) in [6.07, 6.45) is -6.58. The van der Waals surface area contributed by atoms with E-state index in [4.69, 9.17) is 5.11 Å². The fourth-order valence-corrected chi connectivity index (χ4v) is 1.64. The van der Waals surface area contributed by atoms with Crippen LogP contribution in [0.4, 0.5) is 22.0 Å². The Bertz CT molecular complexity index is 673. The monoisotopic (exact) mass is 355 g/mol. The number of halogens is 5. The molecular weight excluding hydrogens is 345 g/mol. The number of carbonyl (C=O) groups excluding carboxylic acids is 2. The third-order valence-corrected chi connectivity index (χ3v) is 2.82. The Morgan fingerprint density at radius 2 is 1.79 bits per heavy atom. The van der Waals surface area contributed by atoms with Gasteiger partial charge in [-0.1, -0.05) is 0 Å². The molecule has 0 radical (unpaired) electrons. The number of ether oxygens (including phenoxy) is 1. The van der Waals surface area contributed by atoms with Gasteiger partial charge in [-0.2, -0.15) is 17.6 Å². The van der Waals surface area contributed by atoms with E-state index in [9.17, 15) is 36.3 Å². The molecule has 0 aromatic heterocycles. The highest BCUT2D eigenvalue weighted by atomic mass is 19.4. The van der Waals surface area contributed by atoms with Crippen molar-refractivity contribution in [2.45, 2.75) is 18.6 Å². The first-order chi connectivity index (χ1) is 11.0. The molecule has 0 aliphatic heterocycles. The summed E-state index contributed by atoms with van der Waals surface area (Å²) in [5.41, 5.74) is -0.888. The van der Waals surface area contributed by atoms with E-state index in [0.717, 1.165) is 24.6 Å². The Balaban J connectivity index is 3.00. The maximum absolute atomic E-state index is 13.7. The van der Waals surface area contributed by atoms with E-state index in [1.165, 1.54) is 0 Å². The van der Waals surface area contributed by atoms with E-state index in [1.807, 2.05) is 0 Å². The van der Waals surface area contributed by atoms with Crippen molar-refractivity contribution in [1.29, 1.82) is 0 Å².